The van der Waals surface area contributed by atoms with Crippen molar-refractivity contribution in [2.75, 3.05) is 25.0 Å². The number of nitrogens with one attached hydrogen (secondary N) is 1. The molecule has 1 N–H and O–H groups in total. The van der Waals surface area contributed by atoms with E-state index >= 15 is 0 Å². The summed E-state index contributed by atoms with van der Waals surface area (Å²) in [7, 11) is -3.71. The number of carbonyl (C=O) groups excluding carboxylic acids is 1. The van der Waals surface area contributed by atoms with Crippen LogP contribution in [0.5, 0.6) is 0 Å². The topological polar surface area (TPSA) is 69.7 Å². The summed E-state index contributed by atoms with van der Waals surface area (Å²) in [6.07, 6.45) is -3.20. The lowest BCUT2D eigenvalue weighted by atomic mass is 9.88. The van der Waals surface area contributed by atoms with Crippen molar-refractivity contribution >= 4 is 21.7 Å². The van der Waals surface area contributed by atoms with Gasteiger partial charge >= 0.3 is 12.2 Å². The highest BCUT2D eigenvalue weighted by molar-refractivity contribution is 7.89. The first kappa shape index (κ1) is 32.2. The van der Waals surface area contributed by atoms with Gasteiger partial charge in [-0.1, -0.05) is 84.4 Å². The van der Waals surface area contributed by atoms with Gasteiger partial charge in [0.05, 0.1) is 10.5 Å². The summed E-state index contributed by atoms with van der Waals surface area (Å²) < 4.78 is 68.3. The van der Waals surface area contributed by atoms with Gasteiger partial charge in [-0.05, 0) is 67.6 Å². The number of urea groups is 1. The maximum Gasteiger partial charge on any atom is 0.416 e. The van der Waals surface area contributed by atoms with Crippen LogP contribution in [0.25, 0.3) is 0 Å². The molecular weight excluding hydrogens is 599 g/mol. The van der Waals surface area contributed by atoms with Crippen LogP contribution >= 0.6 is 0 Å². The minimum absolute atomic E-state index is 0.0294. The first-order valence-electron chi connectivity index (χ1n) is 14.9. The first-order chi connectivity index (χ1) is 21.5. The molecule has 4 aromatic rings. The highest BCUT2D eigenvalue weighted by atomic mass is 32.2. The molecule has 0 saturated carbocycles. The van der Waals surface area contributed by atoms with E-state index in [2.05, 4.69) is 5.32 Å². The number of piperidine rings is 1. The smallest absolute Gasteiger partial charge is 0.321 e. The zero-order valence-electron chi connectivity index (χ0n) is 25.0. The maximum atomic E-state index is 13.8. The van der Waals surface area contributed by atoms with Gasteiger partial charge in [0.25, 0.3) is 0 Å². The summed E-state index contributed by atoms with van der Waals surface area (Å²) in [6.45, 7) is 2.64. The lowest BCUT2D eigenvalue weighted by molar-refractivity contribution is -0.137. The van der Waals surface area contributed by atoms with Crippen LogP contribution in [0.15, 0.2) is 114 Å². The van der Waals surface area contributed by atoms with Crippen LogP contribution in [0.2, 0.25) is 0 Å². The summed E-state index contributed by atoms with van der Waals surface area (Å²) >= 11 is 0. The molecule has 1 fully saturated rings. The van der Waals surface area contributed by atoms with Crippen LogP contribution in [0.1, 0.15) is 47.4 Å². The average Bonchev–Trinajstić information content (AvgIpc) is 3.04. The number of amides is 2. The SMILES string of the molecule is Cc1ccc(S(=O)(=O)N2CCC(N(CCC(c3ccccc3)c3ccccc3)C(=O)Nc3cccc(C(F)(F)F)c3)CC2)cc1. The number of sulfonamides is 1. The van der Waals surface area contributed by atoms with Gasteiger partial charge in [0.1, 0.15) is 0 Å². The Morgan fingerprint density at radius 1 is 0.867 bits per heavy atom. The molecule has 1 heterocycles. The third-order valence-electron chi connectivity index (χ3n) is 8.29. The van der Waals surface area contributed by atoms with Gasteiger partial charge in [0.2, 0.25) is 10.0 Å². The Kier molecular flexibility index (Phi) is 9.94. The molecule has 2 amide bonds. The number of benzene rings is 4. The lowest BCUT2D eigenvalue weighted by Crippen LogP contribution is -2.50. The molecule has 0 aromatic heterocycles. The number of rotatable bonds is 9. The third kappa shape index (κ3) is 7.93. The third-order valence-corrected chi connectivity index (χ3v) is 10.2. The fourth-order valence-electron chi connectivity index (χ4n) is 5.84. The largest absolute Gasteiger partial charge is 0.416 e. The highest BCUT2D eigenvalue weighted by Gasteiger charge is 2.35. The van der Waals surface area contributed by atoms with Crippen molar-refractivity contribution in [2.24, 2.45) is 0 Å². The Morgan fingerprint density at radius 2 is 1.44 bits per heavy atom. The second kappa shape index (κ2) is 13.9. The molecule has 6 nitrogen and oxygen atoms in total. The summed E-state index contributed by atoms with van der Waals surface area (Å²) in [4.78, 5) is 15.7. The molecular formula is C35H36F3N3O3S. The molecule has 10 heteroatoms. The number of hydrogen-bond donors (Lipinski definition) is 1. The van der Waals surface area contributed by atoms with Crippen molar-refractivity contribution in [1.82, 2.24) is 9.21 Å². The Hall–Kier alpha value is -4.15. The van der Waals surface area contributed by atoms with Crippen molar-refractivity contribution in [1.29, 1.82) is 0 Å². The van der Waals surface area contributed by atoms with E-state index in [0.29, 0.717) is 25.8 Å². The fourth-order valence-corrected chi connectivity index (χ4v) is 7.31. The molecule has 45 heavy (non-hydrogen) atoms. The van der Waals surface area contributed by atoms with Gasteiger partial charge in [-0.2, -0.15) is 17.5 Å². The van der Waals surface area contributed by atoms with Crippen molar-refractivity contribution in [2.45, 2.75) is 49.2 Å². The molecule has 0 aliphatic carbocycles. The van der Waals surface area contributed by atoms with Crippen LogP contribution in [-0.2, 0) is 16.2 Å². The molecule has 0 unspecified atom stereocenters. The molecule has 5 rings (SSSR count). The predicted octanol–water partition coefficient (Wildman–Crippen LogP) is 7.92. The van der Waals surface area contributed by atoms with E-state index in [4.69, 9.17) is 0 Å². The second-order valence-corrected chi connectivity index (χ2v) is 13.3. The number of nitrogens with zero attached hydrogens (tertiary/aromatic N) is 2. The molecule has 0 spiro atoms. The van der Waals surface area contributed by atoms with Crippen LogP contribution in [0.4, 0.5) is 23.7 Å². The molecule has 0 atom stereocenters. The van der Waals surface area contributed by atoms with Crippen LogP contribution < -0.4 is 5.32 Å². The number of hydrogen-bond acceptors (Lipinski definition) is 3. The molecule has 0 radical (unpaired) electrons. The summed E-state index contributed by atoms with van der Waals surface area (Å²) in [6, 6.07) is 30.4. The molecule has 4 aromatic carbocycles. The van der Waals surface area contributed by atoms with Crippen molar-refractivity contribution in [3.05, 3.63) is 131 Å². The molecule has 236 valence electrons. The van der Waals surface area contributed by atoms with Gasteiger partial charge in [-0.15, -0.1) is 0 Å². The van der Waals surface area contributed by atoms with E-state index in [1.165, 1.54) is 16.4 Å². The zero-order chi connectivity index (χ0) is 32.0. The van der Waals surface area contributed by atoms with E-state index < -0.39 is 27.8 Å². The van der Waals surface area contributed by atoms with E-state index in [9.17, 15) is 26.4 Å². The van der Waals surface area contributed by atoms with Gasteiger partial charge in [-0.25, -0.2) is 13.2 Å². The number of carbonyl (C=O) groups is 1. The number of alkyl halides is 3. The Balaban J connectivity index is 1.38. The second-order valence-electron chi connectivity index (χ2n) is 11.3. The van der Waals surface area contributed by atoms with Crippen molar-refractivity contribution in [3.8, 4) is 0 Å². The molecule has 1 aliphatic heterocycles. The molecule has 0 bridgehead atoms. The normalized spacial score (nSPS) is 14.8. The van der Waals surface area contributed by atoms with Gasteiger partial charge in [0, 0.05) is 37.3 Å². The average molecular weight is 636 g/mol. The highest BCUT2D eigenvalue weighted by Crippen LogP contribution is 2.32. The van der Waals surface area contributed by atoms with Gasteiger partial charge in [-0.3, -0.25) is 0 Å². The molecule has 1 saturated heterocycles. The van der Waals surface area contributed by atoms with Crippen LogP contribution in [-0.4, -0.2) is 49.3 Å². The lowest BCUT2D eigenvalue weighted by Gasteiger charge is -2.38. The quantitative estimate of drug-likeness (QED) is 0.203. The van der Waals surface area contributed by atoms with E-state index in [0.717, 1.165) is 28.8 Å². The summed E-state index contributed by atoms with van der Waals surface area (Å²) in [5.74, 6) is -0.0294. The number of anilines is 1. The van der Waals surface area contributed by atoms with Crippen molar-refractivity contribution in [3.63, 3.8) is 0 Å². The minimum Gasteiger partial charge on any atom is -0.321 e. The monoisotopic (exact) mass is 635 g/mol. The number of aryl methyl sites for hydroxylation is 1. The summed E-state index contributed by atoms with van der Waals surface area (Å²) in [5, 5.41) is 2.68. The Morgan fingerprint density at radius 3 is 2.00 bits per heavy atom. The summed E-state index contributed by atoms with van der Waals surface area (Å²) in [5.41, 5.74) is 2.32. The Labute approximate surface area is 262 Å². The zero-order valence-corrected chi connectivity index (χ0v) is 25.8. The standard InChI is InChI=1S/C35H36F3N3O3S/c1-26-15-17-32(18-16-26)45(43,44)40-22-19-31(20-23-40)41(34(42)39-30-14-8-13-29(25-30)35(36,37)38)24-21-33(27-9-4-2-5-10-27)28-11-6-3-7-12-28/h2-18,25,31,33H,19-24H2,1H3,(H,39,42). The van der Waals surface area contributed by atoms with Crippen molar-refractivity contribution < 1.29 is 26.4 Å². The maximum absolute atomic E-state index is 13.8. The van der Waals surface area contributed by atoms with E-state index in [1.807, 2.05) is 67.6 Å². The first-order valence-corrected chi connectivity index (χ1v) is 16.4. The van der Waals surface area contributed by atoms with Gasteiger partial charge < -0.3 is 10.2 Å². The van der Waals surface area contributed by atoms with Crippen LogP contribution in [0, 0.1) is 6.92 Å². The van der Waals surface area contributed by atoms with E-state index in [1.54, 1.807) is 29.2 Å². The minimum atomic E-state index is -4.55. The fraction of sp³-hybridized carbons (Fsp3) is 0.286. The van der Waals surface area contributed by atoms with Gasteiger partial charge in [0.15, 0.2) is 0 Å². The molecule has 1 aliphatic rings. The van der Waals surface area contributed by atoms with E-state index in [-0.39, 0.29) is 35.6 Å². The Bertz CT molecular complexity index is 1630. The predicted molar refractivity (Wildman–Crippen MR) is 169 cm³/mol. The number of halogens is 3. The van der Waals surface area contributed by atoms with Crippen LogP contribution in [0.3, 0.4) is 0 Å².